The van der Waals surface area contributed by atoms with Gasteiger partial charge in [0.05, 0.1) is 6.42 Å². The van der Waals surface area contributed by atoms with Gasteiger partial charge in [0.2, 0.25) is 11.8 Å². The zero-order chi connectivity index (χ0) is 15.6. The molecule has 2 rings (SSSR count). The number of nitrogens with zero attached hydrogens (tertiary/aromatic N) is 2. The molecular weight excluding hydrogens is 280 g/mol. The summed E-state index contributed by atoms with van der Waals surface area (Å²) in [6, 6.07) is -1.89. The van der Waals surface area contributed by atoms with Crippen molar-refractivity contribution in [2.75, 3.05) is 19.6 Å². The molecule has 0 saturated carbocycles. The van der Waals surface area contributed by atoms with E-state index < -0.39 is 30.4 Å². The Kier molecular flexibility index (Phi) is 4.29. The number of amides is 4. The Morgan fingerprint density at radius 3 is 2.71 bits per heavy atom. The summed E-state index contributed by atoms with van der Waals surface area (Å²) in [6.07, 6.45) is 0.731. The first kappa shape index (κ1) is 15.1. The maximum atomic E-state index is 12.1. The van der Waals surface area contributed by atoms with Crippen LogP contribution in [0.25, 0.3) is 0 Å². The van der Waals surface area contributed by atoms with E-state index >= 15 is 0 Å². The Morgan fingerprint density at radius 1 is 1.38 bits per heavy atom. The zero-order valence-electron chi connectivity index (χ0n) is 11.4. The second-order valence-electron chi connectivity index (χ2n) is 5.24. The SMILES string of the molecule is NC(=O)CC(NC(=O)N1CCN2C(=O)CCC2C1)C(=O)O. The van der Waals surface area contributed by atoms with E-state index in [2.05, 4.69) is 5.32 Å². The number of rotatable bonds is 4. The fourth-order valence-corrected chi connectivity index (χ4v) is 2.69. The first-order chi connectivity index (χ1) is 9.88. The third-order valence-electron chi connectivity index (χ3n) is 3.78. The topological polar surface area (TPSA) is 133 Å². The average Bonchev–Trinajstić information content (AvgIpc) is 2.78. The summed E-state index contributed by atoms with van der Waals surface area (Å²) < 4.78 is 0. The first-order valence-corrected chi connectivity index (χ1v) is 6.74. The number of hydrogen-bond donors (Lipinski definition) is 3. The van der Waals surface area contributed by atoms with E-state index in [-0.39, 0.29) is 11.9 Å². The molecule has 0 aromatic rings. The van der Waals surface area contributed by atoms with Crippen LogP contribution < -0.4 is 11.1 Å². The quantitative estimate of drug-likeness (QED) is 0.571. The Labute approximate surface area is 121 Å². The number of nitrogens with one attached hydrogen (secondary N) is 1. The van der Waals surface area contributed by atoms with Crippen molar-refractivity contribution in [1.82, 2.24) is 15.1 Å². The number of carbonyl (C=O) groups excluding carboxylic acids is 3. The van der Waals surface area contributed by atoms with E-state index in [1.165, 1.54) is 4.90 Å². The monoisotopic (exact) mass is 298 g/mol. The van der Waals surface area contributed by atoms with Crippen LogP contribution in [0.15, 0.2) is 0 Å². The van der Waals surface area contributed by atoms with Crippen molar-refractivity contribution in [3.63, 3.8) is 0 Å². The Balaban J connectivity index is 1.92. The van der Waals surface area contributed by atoms with Crippen molar-refractivity contribution < 1.29 is 24.3 Å². The zero-order valence-corrected chi connectivity index (χ0v) is 11.4. The smallest absolute Gasteiger partial charge is 0.326 e. The van der Waals surface area contributed by atoms with Crippen LogP contribution in [0.4, 0.5) is 4.79 Å². The molecular formula is C12H18N4O5. The lowest BCUT2D eigenvalue weighted by Gasteiger charge is -2.37. The molecule has 2 aliphatic heterocycles. The number of piperazine rings is 1. The molecule has 21 heavy (non-hydrogen) atoms. The molecule has 116 valence electrons. The van der Waals surface area contributed by atoms with E-state index in [1.54, 1.807) is 4.90 Å². The summed E-state index contributed by atoms with van der Waals surface area (Å²) in [5, 5.41) is 11.3. The second-order valence-corrected chi connectivity index (χ2v) is 5.24. The lowest BCUT2D eigenvalue weighted by molar-refractivity contribution is -0.141. The molecule has 2 atom stereocenters. The van der Waals surface area contributed by atoms with Crippen molar-refractivity contribution >= 4 is 23.8 Å². The number of carboxylic acids is 1. The molecule has 2 saturated heterocycles. The average molecular weight is 298 g/mol. The normalized spacial score (nSPS) is 22.7. The van der Waals surface area contributed by atoms with Crippen molar-refractivity contribution in [1.29, 1.82) is 0 Å². The summed E-state index contributed by atoms with van der Waals surface area (Å²) in [5.41, 5.74) is 4.96. The maximum absolute atomic E-state index is 12.1. The van der Waals surface area contributed by atoms with Crippen molar-refractivity contribution in [2.24, 2.45) is 5.73 Å². The van der Waals surface area contributed by atoms with E-state index in [0.717, 1.165) is 0 Å². The highest BCUT2D eigenvalue weighted by molar-refractivity contribution is 5.87. The van der Waals surface area contributed by atoms with Crippen molar-refractivity contribution in [3.05, 3.63) is 0 Å². The molecule has 0 aromatic carbocycles. The van der Waals surface area contributed by atoms with E-state index in [1.807, 2.05) is 0 Å². The minimum atomic E-state index is -1.33. The third-order valence-corrected chi connectivity index (χ3v) is 3.78. The molecule has 2 heterocycles. The van der Waals surface area contributed by atoms with Gasteiger partial charge in [-0.2, -0.15) is 0 Å². The molecule has 0 aliphatic carbocycles. The lowest BCUT2D eigenvalue weighted by atomic mass is 10.1. The van der Waals surface area contributed by atoms with Crippen LogP contribution >= 0.6 is 0 Å². The highest BCUT2D eigenvalue weighted by Gasteiger charge is 2.37. The molecule has 2 aliphatic rings. The van der Waals surface area contributed by atoms with Crippen LogP contribution in [-0.4, -0.2) is 70.4 Å². The second kappa shape index (κ2) is 5.98. The number of aliphatic carboxylic acids is 1. The number of hydrogen-bond acceptors (Lipinski definition) is 4. The van der Waals surface area contributed by atoms with Gasteiger partial charge in [-0.3, -0.25) is 9.59 Å². The van der Waals surface area contributed by atoms with Gasteiger partial charge in [-0.15, -0.1) is 0 Å². The summed E-state index contributed by atoms with van der Waals surface area (Å²) in [7, 11) is 0. The van der Waals surface area contributed by atoms with Gasteiger partial charge in [-0.25, -0.2) is 9.59 Å². The molecule has 9 nitrogen and oxygen atoms in total. The fraction of sp³-hybridized carbons (Fsp3) is 0.667. The van der Waals surface area contributed by atoms with Gasteiger partial charge in [-0.05, 0) is 6.42 Å². The largest absolute Gasteiger partial charge is 0.480 e. The van der Waals surface area contributed by atoms with Crippen LogP contribution in [0.5, 0.6) is 0 Å². The number of nitrogens with two attached hydrogens (primary N) is 1. The Hall–Kier alpha value is -2.32. The van der Waals surface area contributed by atoms with Crippen LogP contribution in [0.2, 0.25) is 0 Å². The molecule has 2 unspecified atom stereocenters. The predicted molar refractivity (Wildman–Crippen MR) is 70.1 cm³/mol. The van der Waals surface area contributed by atoms with E-state index in [9.17, 15) is 19.2 Å². The van der Waals surface area contributed by atoms with Gasteiger partial charge in [0.15, 0.2) is 0 Å². The number of fused-ring (bicyclic) bond motifs is 1. The minimum Gasteiger partial charge on any atom is -0.480 e. The number of carbonyl (C=O) groups is 4. The Morgan fingerprint density at radius 2 is 2.10 bits per heavy atom. The third kappa shape index (κ3) is 3.41. The van der Waals surface area contributed by atoms with Crippen LogP contribution in [0, 0.1) is 0 Å². The highest BCUT2D eigenvalue weighted by Crippen LogP contribution is 2.22. The van der Waals surface area contributed by atoms with Gasteiger partial charge < -0.3 is 26.0 Å². The van der Waals surface area contributed by atoms with Crippen molar-refractivity contribution in [2.45, 2.75) is 31.3 Å². The van der Waals surface area contributed by atoms with E-state index in [0.29, 0.717) is 32.5 Å². The molecule has 0 spiro atoms. The number of carboxylic acid groups (broad SMARTS) is 1. The maximum Gasteiger partial charge on any atom is 0.326 e. The number of primary amides is 1. The minimum absolute atomic E-state index is 0.00332. The lowest BCUT2D eigenvalue weighted by Crippen LogP contribution is -2.57. The van der Waals surface area contributed by atoms with Gasteiger partial charge in [0.25, 0.3) is 0 Å². The van der Waals surface area contributed by atoms with Gasteiger partial charge in [0.1, 0.15) is 6.04 Å². The molecule has 0 bridgehead atoms. The molecule has 0 aromatic heterocycles. The molecule has 4 amide bonds. The molecule has 4 N–H and O–H groups in total. The van der Waals surface area contributed by atoms with Gasteiger partial charge in [-0.1, -0.05) is 0 Å². The van der Waals surface area contributed by atoms with E-state index in [4.69, 9.17) is 10.8 Å². The first-order valence-electron chi connectivity index (χ1n) is 6.74. The highest BCUT2D eigenvalue weighted by atomic mass is 16.4. The van der Waals surface area contributed by atoms with Gasteiger partial charge in [0, 0.05) is 32.1 Å². The fourth-order valence-electron chi connectivity index (χ4n) is 2.69. The standard InChI is InChI=1S/C12H18N4O5/c13-9(17)5-8(11(19)20)14-12(21)15-3-4-16-7(6-15)1-2-10(16)18/h7-8H,1-6H2,(H2,13,17)(H,14,21)(H,19,20). The predicted octanol–water partition coefficient (Wildman–Crippen LogP) is -1.67. The van der Waals surface area contributed by atoms with Crippen LogP contribution in [0.1, 0.15) is 19.3 Å². The van der Waals surface area contributed by atoms with Gasteiger partial charge >= 0.3 is 12.0 Å². The summed E-state index contributed by atoms with van der Waals surface area (Å²) in [6.45, 7) is 1.17. The molecule has 2 fully saturated rings. The van der Waals surface area contributed by atoms with Crippen LogP contribution in [-0.2, 0) is 14.4 Å². The summed E-state index contributed by atoms with van der Waals surface area (Å²) >= 11 is 0. The van der Waals surface area contributed by atoms with Crippen LogP contribution in [0.3, 0.4) is 0 Å². The molecule has 9 heteroatoms. The Bertz CT molecular complexity index is 480. The summed E-state index contributed by atoms with van der Waals surface area (Å²) in [4.78, 5) is 48.6. The molecule has 0 radical (unpaired) electrons. The summed E-state index contributed by atoms with van der Waals surface area (Å²) in [5.74, 6) is -2.01. The van der Waals surface area contributed by atoms with Crippen molar-refractivity contribution in [3.8, 4) is 0 Å². The number of urea groups is 1.